The van der Waals surface area contributed by atoms with E-state index in [4.69, 9.17) is 11.6 Å². The highest BCUT2D eigenvalue weighted by molar-refractivity contribution is 6.31. The minimum absolute atomic E-state index is 0.0653. The predicted molar refractivity (Wildman–Crippen MR) is 87.0 cm³/mol. The zero-order chi connectivity index (χ0) is 15.6. The molecule has 0 saturated carbocycles. The summed E-state index contributed by atoms with van der Waals surface area (Å²) in [5.74, 6) is 0.0979. The van der Waals surface area contributed by atoms with Crippen LogP contribution in [0.1, 0.15) is 37.1 Å². The van der Waals surface area contributed by atoms with Crippen molar-refractivity contribution in [2.24, 2.45) is 0 Å². The zero-order valence-electron chi connectivity index (χ0n) is 12.4. The van der Waals surface area contributed by atoms with E-state index >= 15 is 0 Å². The molecular weight excluding hydrogens is 286 g/mol. The molecule has 2 atom stereocenters. The number of halogens is 1. The van der Waals surface area contributed by atoms with Crippen LogP contribution in [0, 0.1) is 0 Å². The summed E-state index contributed by atoms with van der Waals surface area (Å²) >= 11 is 6.24. The number of nitrogens with zero attached hydrogens (tertiary/aromatic N) is 1. The van der Waals surface area contributed by atoms with Crippen LogP contribution in [0.4, 0.5) is 5.69 Å². The summed E-state index contributed by atoms with van der Waals surface area (Å²) < 4.78 is 0. The van der Waals surface area contributed by atoms with Gasteiger partial charge >= 0.3 is 0 Å². The van der Waals surface area contributed by atoms with Gasteiger partial charge in [-0.05, 0) is 31.5 Å². The van der Waals surface area contributed by atoms with E-state index < -0.39 is 6.10 Å². The smallest absolute Gasteiger partial charge is 0.123 e. The van der Waals surface area contributed by atoms with Crippen LogP contribution in [0.3, 0.4) is 0 Å². The van der Waals surface area contributed by atoms with E-state index in [9.17, 15) is 10.2 Å². The highest BCUT2D eigenvalue weighted by atomic mass is 35.5. The van der Waals surface area contributed by atoms with Crippen molar-refractivity contribution in [2.45, 2.75) is 26.0 Å². The molecule has 0 radical (unpaired) electrons. The molecule has 2 N–H and O–H groups in total. The molecular formula is C17H20ClNO2. The van der Waals surface area contributed by atoms with Crippen LogP contribution in [0.2, 0.25) is 5.02 Å². The van der Waals surface area contributed by atoms with Gasteiger partial charge in [-0.3, -0.25) is 0 Å². The highest BCUT2D eigenvalue weighted by Gasteiger charge is 2.16. The summed E-state index contributed by atoms with van der Waals surface area (Å²) in [6.07, 6.45) is -0.689. The first kappa shape index (κ1) is 15.7. The number of anilines is 1. The van der Waals surface area contributed by atoms with Crippen LogP contribution < -0.4 is 4.90 Å². The summed E-state index contributed by atoms with van der Waals surface area (Å²) in [6.45, 7) is 3.69. The Labute approximate surface area is 130 Å². The average molecular weight is 306 g/mol. The predicted octanol–water partition coefficient (Wildman–Crippen LogP) is 4.30. The summed E-state index contributed by atoms with van der Waals surface area (Å²) in [6, 6.07) is 13.1. The molecule has 3 nitrogen and oxygen atoms in total. The zero-order valence-corrected chi connectivity index (χ0v) is 13.2. The van der Waals surface area contributed by atoms with Gasteiger partial charge in [0.25, 0.3) is 0 Å². The van der Waals surface area contributed by atoms with E-state index in [1.165, 1.54) is 0 Å². The van der Waals surface area contributed by atoms with Crippen LogP contribution in [-0.2, 0) is 0 Å². The molecule has 4 heteroatoms. The highest BCUT2D eigenvalue weighted by Crippen LogP contribution is 2.33. The van der Waals surface area contributed by atoms with E-state index in [2.05, 4.69) is 6.92 Å². The number of aliphatic hydroxyl groups is 1. The van der Waals surface area contributed by atoms with Crippen molar-refractivity contribution >= 4 is 17.3 Å². The lowest BCUT2D eigenvalue weighted by molar-refractivity contribution is 0.195. The van der Waals surface area contributed by atoms with Gasteiger partial charge in [0, 0.05) is 29.4 Å². The standard InChI is InChI=1S/C17H20ClNO2/c1-11(14-6-4-5-7-16(14)18)19(3)13-8-9-15(12(2)20)17(21)10-13/h4-12,20-21H,1-3H3. The van der Waals surface area contributed by atoms with E-state index in [0.29, 0.717) is 5.56 Å². The first-order valence-electron chi connectivity index (χ1n) is 6.90. The third kappa shape index (κ3) is 3.31. The number of aliphatic hydroxyl groups excluding tert-OH is 1. The molecule has 0 aromatic heterocycles. The summed E-state index contributed by atoms with van der Waals surface area (Å²) in [5.41, 5.74) is 2.42. The first-order valence-corrected chi connectivity index (χ1v) is 7.28. The Balaban J connectivity index is 2.30. The lowest BCUT2D eigenvalue weighted by Gasteiger charge is -2.28. The Kier molecular flexibility index (Phi) is 4.76. The van der Waals surface area contributed by atoms with E-state index in [1.54, 1.807) is 19.1 Å². The van der Waals surface area contributed by atoms with Gasteiger partial charge in [-0.1, -0.05) is 35.9 Å². The molecule has 2 unspecified atom stereocenters. The fraction of sp³-hybridized carbons (Fsp3) is 0.294. The molecule has 0 amide bonds. The maximum Gasteiger partial charge on any atom is 0.123 e. The molecule has 0 aliphatic carbocycles. The van der Waals surface area contributed by atoms with E-state index in [-0.39, 0.29) is 11.8 Å². The Morgan fingerprint density at radius 2 is 1.71 bits per heavy atom. The molecule has 0 spiro atoms. The third-order valence-electron chi connectivity index (χ3n) is 3.81. The van der Waals surface area contributed by atoms with E-state index in [0.717, 1.165) is 16.3 Å². The average Bonchev–Trinajstić information content (AvgIpc) is 2.45. The molecule has 2 aromatic carbocycles. The summed E-state index contributed by atoms with van der Waals surface area (Å²) in [4.78, 5) is 2.03. The fourth-order valence-electron chi connectivity index (χ4n) is 2.35. The minimum atomic E-state index is -0.689. The number of hydrogen-bond acceptors (Lipinski definition) is 3. The summed E-state index contributed by atoms with van der Waals surface area (Å²) in [7, 11) is 1.95. The maximum absolute atomic E-state index is 10.0. The molecule has 0 bridgehead atoms. The topological polar surface area (TPSA) is 43.7 Å². The fourth-order valence-corrected chi connectivity index (χ4v) is 2.64. The van der Waals surface area contributed by atoms with Crippen LogP contribution in [0.15, 0.2) is 42.5 Å². The molecule has 2 aromatic rings. The summed E-state index contributed by atoms with van der Waals surface area (Å²) in [5, 5.41) is 20.3. The molecule has 112 valence electrons. The van der Waals surface area contributed by atoms with E-state index in [1.807, 2.05) is 42.3 Å². The normalized spacial score (nSPS) is 13.8. The van der Waals surface area contributed by atoms with Gasteiger partial charge in [0.2, 0.25) is 0 Å². The number of hydrogen-bond donors (Lipinski definition) is 2. The minimum Gasteiger partial charge on any atom is -0.507 e. The van der Waals surface area contributed by atoms with Crippen molar-refractivity contribution in [1.82, 2.24) is 0 Å². The Hall–Kier alpha value is -1.71. The first-order chi connectivity index (χ1) is 9.91. The van der Waals surface area contributed by atoms with Crippen LogP contribution in [-0.4, -0.2) is 17.3 Å². The number of rotatable bonds is 4. The van der Waals surface area contributed by atoms with Crippen LogP contribution in [0.25, 0.3) is 0 Å². The van der Waals surface area contributed by atoms with Gasteiger partial charge in [-0.2, -0.15) is 0 Å². The molecule has 0 saturated heterocycles. The van der Waals surface area contributed by atoms with Crippen molar-refractivity contribution in [1.29, 1.82) is 0 Å². The van der Waals surface area contributed by atoms with Gasteiger partial charge < -0.3 is 15.1 Å². The molecule has 0 fully saturated rings. The number of phenolic OH excluding ortho intramolecular Hbond substituents is 1. The SMILES string of the molecule is CC(O)c1ccc(N(C)C(C)c2ccccc2Cl)cc1O. The number of phenols is 1. The van der Waals surface area contributed by atoms with Crippen molar-refractivity contribution in [3.63, 3.8) is 0 Å². The van der Waals surface area contributed by atoms with Crippen molar-refractivity contribution in [2.75, 3.05) is 11.9 Å². The van der Waals surface area contributed by atoms with Gasteiger partial charge in [0.05, 0.1) is 12.1 Å². The second-order valence-corrected chi connectivity index (χ2v) is 5.63. The molecule has 2 rings (SSSR count). The number of aromatic hydroxyl groups is 1. The molecule has 0 aliphatic heterocycles. The van der Waals surface area contributed by atoms with Gasteiger partial charge in [0.1, 0.15) is 5.75 Å². The molecule has 0 aliphatic rings. The lowest BCUT2D eigenvalue weighted by atomic mass is 10.0. The monoisotopic (exact) mass is 305 g/mol. The lowest BCUT2D eigenvalue weighted by Crippen LogP contribution is -2.21. The maximum atomic E-state index is 10.0. The quantitative estimate of drug-likeness (QED) is 0.885. The number of benzene rings is 2. The molecule has 0 heterocycles. The Morgan fingerprint density at radius 3 is 2.29 bits per heavy atom. The molecule has 21 heavy (non-hydrogen) atoms. The van der Waals surface area contributed by atoms with Gasteiger partial charge in [0.15, 0.2) is 0 Å². The third-order valence-corrected chi connectivity index (χ3v) is 4.15. The van der Waals surface area contributed by atoms with Crippen molar-refractivity contribution < 1.29 is 10.2 Å². The second kappa shape index (κ2) is 6.37. The second-order valence-electron chi connectivity index (χ2n) is 5.23. The Bertz CT molecular complexity index is 628. The van der Waals surface area contributed by atoms with Gasteiger partial charge in [-0.25, -0.2) is 0 Å². The van der Waals surface area contributed by atoms with Gasteiger partial charge in [-0.15, -0.1) is 0 Å². The Morgan fingerprint density at radius 1 is 1.05 bits per heavy atom. The largest absolute Gasteiger partial charge is 0.507 e. The van der Waals surface area contributed by atoms with Crippen LogP contribution in [0.5, 0.6) is 5.75 Å². The van der Waals surface area contributed by atoms with Crippen LogP contribution >= 0.6 is 11.6 Å². The van der Waals surface area contributed by atoms with Crippen molar-refractivity contribution in [3.8, 4) is 5.75 Å². The van der Waals surface area contributed by atoms with Crippen molar-refractivity contribution in [3.05, 3.63) is 58.6 Å².